The molecule has 0 unspecified atom stereocenters. The van der Waals surface area contributed by atoms with Gasteiger partial charge in [0.2, 0.25) is 0 Å². The van der Waals surface area contributed by atoms with Crippen molar-refractivity contribution in [1.82, 2.24) is 5.32 Å². The molecular weight excluding hydrogens is 346 g/mol. The van der Waals surface area contributed by atoms with Crippen molar-refractivity contribution in [2.75, 3.05) is 26.4 Å². The fraction of sp³-hybridized carbons (Fsp3) is 0.381. The lowest BCUT2D eigenvalue weighted by Gasteiger charge is -2.21. The van der Waals surface area contributed by atoms with Crippen LogP contribution in [0.4, 0.5) is 0 Å². The molecule has 0 aliphatic carbocycles. The summed E-state index contributed by atoms with van der Waals surface area (Å²) in [6.45, 7) is 4.35. The van der Waals surface area contributed by atoms with Crippen molar-refractivity contribution in [2.24, 2.45) is 0 Å². The van der Waals surface area contributed by atoms with Crippen LogP contribution in [0.2, 0.25) is 0 Å². The molecule has 2 aliphatic rings. The minimum atomic E-state index is -0.147. The molecule has 0 bridgehead atoms. The Hall–Kier alpha value is -2.89. The van der Waals surface area contributed by atoms with Gasteiger partial charge in [0.25, 0.3) is 5.91 Å². The van der Waals surface area contributed by atoms with Crippen molar-refractivity contribution in [2.45, 2.75) is 25.8 Å². The van der Waals surface area contributed by atoms with Gasteiger partial charge in [-0.15, -0.1) is 0 Å². The Bertz CT molecular complexity index is 835. The third kappa shape index (κ3) is 3.79. The van der Waals surface area contributed by atoms with Gasteiger partial charge in [-0.1, -0.05) is 13.0 Å². The van der Waals surface area contributed by atoms with Crippen LogP contribution in [0.1, 0.15) is 41.7 Å². The van der Waals surface area contributed by atoms with Crippen molar-refractivity contribution >= 4 is 5.91 Å². The number of amides is 1. The van der Waals surface area contributed by atoms with Crippen LogP contribution in [0.3, 0.4) is 0 Å². The summed E-state index contributed by atoms with van der Waals surface area (Å²) in [5.74, 6) is 2.62. The van der Waals surface area contributed by atoms with Gasteiger partial charge in [0.05, 0.1) is 19.3 Å². The number of rotatable bonds is 4. The first kappa shape index (κ1) is 17.5. The third-order valence-corrected chi connectivity index (χ3v) is 4.69. The second-order valence-corrected chi connectivity index (χ2v) is 6.55. The Morgan fingerprint density at radius 2 is 1.52 bits per heavy atom. The molecule has 0 aromatic heterocycles. The van der Waals surface area contributed by atoms with Crippen LogP contribution in [0.5, 0.6) is 23.0 Å². The Labute approximate surface area is 158 Å². The molecule has 0 spiro atoms. The molecule has 2 heterocycles. The smallest absolute Gasteiger partial charge is 0.251 e. The maximum Gasteiger partial charge on any atom is 0.251 e. The molecule has 1 N–H and O–H groups in total. The van der Waals surface area contributed by atoms with E-state index in [2.05, 4.69) is 5.32 Å². The lowest BCUT2D eigenvalue weighted by molar-refractivity contribution is 0.0934. The molecule has 4 rings (SSSR count). The van der Waals surface area contributed by atoms with Gasteiger partial charge in [-0.25, -0.2) is 0 Å². The SMILES string of the molecule is CC[C@@H](NC(=O)c1ccc2c(c1)OCCO2)c1ccc2c(c1)OCCCO2. The first-order chi connectivity index (χ1) is 13.2. The van der Waals surface area contributed by atoms with E-state index in [0.29, 0.717) is 43.5 Å². The quantitative estimate of drug-likeness (QED) is 0.894. The van der Waals surface area contributed by atoms with E-state index >= 15 is 0 Å². The molecule has 0 fully saturated rings. The van der Waals surface area contributed by atoms with E-state index in [1.807, 2.05) is 25.1 Å². The summed E-state index contributed by atoms with van der Waals surface area (Å²) in [6, 6.07) is 11.0. The summed E-state index contributed by atoms with van der Waals surface area (Å²) in [6.07, 6.45) is 1.62. The summed E-state index contributed by atoms with van der Waals surface area (Å²) in [5.41, 5.74) is 1.54. The molecule has 2 aromatic carbocycles. The highest BCUT2D eigenvalue weighted by Crippen LogP contribution is 2.34. The topological polar surface area (TPSA) is 66.0 Å². The number of carbonyl (C=O) groups excluding carboxylic acids is 1. The molecule has 142 valence electrons. The highest BCUT2D eigenvalue weighted by Gasteiger charge is 2.20. The monoisotopic (exact) mass is 369 g/mol. The van der Waals surface area contributed by atoms with Crippen molar-refractivity contribution < 1.29 is 23.7 Å². The molecule has 6 nitrogen and oxygen atoms in total. The molecule has 6 heteroatoms. The lowest BCUT2D eigenvalue weighted by atomic mass is 10.0. The summed E-state index contributed by atoms with van der Waals surface area (Å²) in [7, 11) is 0. The minimum Gasteiger partial charge on any atom is -0.490 e. The number of ether oxygens (including phenoxy) is 4. The second kappa shape index (κ2) is 7.78. The van der Waals surface area contributed by atoms with E-state index in [-0.39, 0.29) is 11.9 Å². The van der Waals surface area contributed by atoms with Crippen molar-refractivity contribution in [3.8, 4) is 23.0 Å². The van der Waals surface area contributed by atoms with Gasteiger partial charge < -0.3 is 24.3 Å². The molecule has 2 aliphatic heterocycles. The van der Waals surface area contributed by atoms with Gasteiger partial charge in [0.1, 0.15) is 13.2 Å². The number of benzene rings is 2. The van der Waals surface area contributed by atoms with Crippen LogP contribution < -0.4 is 24.3 Å². The maximum absolute atomic E-state index is 12.8. The first-order valence-corrected chi connectivity index (χ1v) is 9.34. The normalized spacial score (nSPS) is 16.2. The summed E-state index contributed by atoms with van der Waals surface area (Å²) in [4.78, 5) is 12.8. The fourth-order valence-corrected chi connectivity index (χ4v) is 3.24. The summed E-state index contributed by atoms with van der Waals surface area (Å²) < 4.78 is 22.5. The molecule has 2 aromatic rings. The molecule has 0 saturated heterocycles. The summed E-state index contributed by atoms with van der Waals surface area (Å²) >= 11 is 0. The Morgan fingerprint density at radius 1 is 0.889 bits per heavy atom. The second-order valence-electron chi connectivity index (χ2n) is 6.55. The zero-order valence-corrected chi connectivity index (χ0v) is 15.3. The van der Waals surface area contributed by atoms with E-state index in [1.54, 1.807) is 18.2 Å². The Kier molecular flexibility index (Phi) is 5.05. The average Bonchev–Trinajstić information content (AvgIpc) is 2.96. The van der Waals surface area contributed by atoms with Crippen LogP contribution in [0, 0.1) is 0 Å². The lowest BCUT2D eigenvalue weighted by Crippen LogP contribution is -2.28. The number of carbonyl (C=O) groups is 1. The van der Waals surface area contributed by atoms with Crippen LogP contribution in [-0.4, -0.2) is 32.3 Å². The number of fused-ring (bicyclic) bond motifs is 2. The summed E-state index contributed by atoms with van der Waals surface area (Å²) in [5, 5.41) is 3.10. The molecule has 1 amide bonds. The highest BCUT2D eigenvalue weighted by molar-refractivity contribution is 5.95. The Morgan fingerprint density at radius 3 is 2.30 bits per heavy atom. The van der Waals surface area contributed by atoms with Gasteiger partial charge in [0, 0.05) is 12.0 Å². The van der Waals surface area contributed by atoms with Crippen molar-refractivity contribution in [3.63, 3.8) is 0 Å². The molecule has 27 heavy (non-hydrogen) atoms. The zero-order valence-electron chi connectivity index (χ0n) is 15.3. The fourth-order valence-electron chi connectivity index (χ4n) is 3.24. The predicted molar refractivity (Wildman–Crippen MR) is 100.0 cm³/mol. The van der Waals surface area contributed by atoms with E-state index < -0.39 is 0 Å². The largest absolute Gasteiger partial charge is 0.490 e. The molecular formula is C21H23NO5. The number of nitrogens with one attached hydrogen (secondary N) is 1. The van der Waals surface area contributed by atoms with E-state index in [1.165, 1.54) is 0 Å². The van der Waals surface area contributed by atoms with Crippen molar-refractivity contribution in [1.29, 1.82) is 0 Å². The molecule has 1 atom stereocenters. The van der Waals surface area contributed by atoms with Gasteiger partial charge in [-0.2, -0.15) is 0 Å². The van der Waals surface area contributed by atoms with Gasteiger partial charge >= 0.3 is 0 Å². The minimum absolute atomic E-state index is 0.122. The van der Waals surface area contributed by atoms with Crippen LogP contribution in [-0.2, 0) is 0 Å². The highest BCUT2D eigenvalue weighted by atomic mass is 16.6. The van der Waals surface area contributed by atoms with Gasteiger partial charge in [-0.3, -0.25) is 4.79 Å². The van der Waals surface area contributed by atoms with Crippen LogP contribution >= 0.6 is 0 Å². The average molecular weight is 369 g/mol. The zero-order chi connectivity index (χ0) is 18.6. The third-order valence-electron chi connectivity index (χ3n) is 4.69. The Balaban J connectivity index is 1.52. The van der Waals surface area contributed by atoms with E-state index in [9.17, 15) is 4.79 Å². The number of hydrogen-bond acceptors (Lipinski definition) is 5. The van der Waals surface area contributed by atoms with Gasteiger partial charge in [0.15, 0.2) is 23.0 Å². The molecule has 0 radical (unpaired) electrons. The van der Waals surface area contributed by atoms with E-state index in [4.69, 9.17) is 18.9 Å². The number of hydrogen-bond donors (Lipinski definition) is 1. The van der Waals surface area contributed by atoms with Gasteiger partial charge in [-0.05, 0) is 42.3 Å². The van der Waals surface area contributed by atoms with Crippen molar-refractivity contribution in [3.05, 3.63) is 47.5 Å². The predicted octanol–water partition coefficient (Wildman–Crippen LogP) is 3.50. The molecule has 0 saturated carbocycles. The first-order valence-electron chi connectivity index (χ1n) is 9.34. The standard InChI is InChI=1S/C21H23NO5/c1-2-16(14-4-6-17-19(12-14)25-9-3-8-24-17)22-21(23)15-5-7-18-20(13-15)27-11-10-26-18/h4-7,12-13,16H,2-3,8-11H2,1H3,(H,22,23)/t16-/m1/s1. The van der Waals surface area contributed by atoms with E-state index in [0.717, 1.165) is 29.9 Å². The van der Waals surface area contributed by atoms with Crippen LogP contribution in [0.25, 0.3) is 0 Å². The maximum atomic E-state index is 12.8. The van der Waals surface area contributed by atoms with Crippen LogP contribution in [0.15, 0.2) is 36.4 Å².